The molecule has 0 atom stereocenters. The first-order valence-electron chi connectivity index (χ1n) is 11.3. The maximum atomic E-state index is 13.0. The molecule has 3 rings (SSSR count). The summed E-state index contributed by atoms with van der Waals surface area (Å²) >= 11 is 0. The lowest BCUT2D eigenvalue weighted by Gasteiger charge is -2.14. The minimum absolute atomic E-state index is 0.165. The van der Waals surface area contributed by atoms with Gasteiger partial charge in [0.05, 0.1) is 12.2 Å². The molecule has 0 radical (unpaired) electrons. The van der Waals surface area contributed by atoms with E-state index >= 15 is 0 Å². The summed E-state index contributed by atoms with van der Waals surface area (Å²) in [5, 5.41) is 13.4. The normalized spacial score (nSPS) is 11.3. The summed E-state index contributed by atoms with van der Waals surface area (Å²) in [5.41, 5.74) is 7.18. The SMILES string of the molecule is CCn1nc(C)c(CN=C(NC(=O)c2ccc(NC(C)=O)cc2)Nc2ccc(C)cc2C)c1C. The second-order valence-corrected chi connectivity index (χ2v) is 8.29. The molecule has 0 unspecified atom stereocenters. The van der Waals surface area contributed by atoms with Crippen molar-refractivity contribution >= 4 is 29.1 Å². The summed E-state index contributed by atoms with van der Waals surface area (Å²) in [6.07, 6.45) is 0. The van der Waals surface area contributed by atoms with Gasteiger partial charge >= 0.3 is 0 Å². The van der Waals surface area contributed by atoms with Crippen LogP contribution in [0.2, 0.25) is 0 Å². The topological polar surface area (TPSA) is 100 Å². The van der Waals surface area contributed by atoms with E-state index in [1.807, 2.05) is 44.5 Å². The molecule has 0 saturated heterocycles. The van der Waals surface area contributed by atoms with Crippen molar-refractivity contribution in [2.24, 2.45) is 4.99 Å². The Balaban J connectivity index is 1.86. The Hall–Kier alpha value is -3.94. The van der Waals surface area contributed by atoms with Crippen molar-refractivity contribution in [2.45, 2.75) is 54.6 Å². The standard InChI is InChI=1S/C26H32N6O2/c1-7-32-19(5)23(18(4)31-32)15-27-26(29-24-13-8-16(2)14-17(24)3)30-25(34)21-9-11-22(12-10-21)28-20(6)33/h8-14H,7,15H2,1-6H3,(H,28,33)(H2,27,29,30,34). The number of aliphatic imine (C=N–C) groups is 1. The van der Waals surface area contributed by atoms with Crippen molar-refractivity contribution in [3.63, 3.8) is 0 Å². The number of amides is 2. The number of nitrogens with zero attached hydrogens (tertiary/aromatic N) is 3. The third-order valence-corrected chi connectivity index (χ3v) is 5.56. The number of anilines is 2. The quantitative estimate of drug-likeness (QED) is 0.373. The fraction of sp³-hybridized carbons (Fsp3) is 0.308. The molecule has 0 spiro atoms. The zero-order valence-corrected chi connectivity index (χ0v) is 20.6. The van der Waals surface area contributed by atoms with Crippen LogP contribution < -0.4 is 16.0 Å². The molecule has 2 aromatic carbocycles. The predicted octanol–water partition coefficient (Wildman–Crippen LogP) is 4.49. The van der Waals surface area contributed by atoms with Crippen LogP contribution >= 0.6 is 0 Å². The number of hydrogen-bond acceptors (Lipinski definition) is 4. The Morgan fingerprint density at radius 2 is 1.71 bits per heavy atom. The van der Waals surface area contributed by atoms with Crippen molar-refractivity contribution < 1.29 is 9.59 Å². The third-order valence-electron chi connectivity index (χ3n) is 5.56. The highest BCUT2D eigenvalue weighted by Gasteiger charge is 2.14. The fourth-order valence-electron chi connectivity index (χ4n) is 3.71. The molecule has 2 amide bonds. The molecule has 0 fully saturated rings. The number of aromatic nitrogens is 2. The van der Waals surface area contributed by atoms with Gasteiger partial charge in [0.1, 0.15) is 0 Å². The largest absolute Gasteiger partial charge is 0.326 e. The Kier molecular flexibility index (Phi) is 7.83. The molecule has 0 aliphatic rings. The van der Waals surface area contributed by atoms with E-state index < -0.39 is 0 Å². The van der Waals surface area contributed by atoms with Crippen LogP contribution in [0.15, 0.2) is 47.5 Å². The summed E-state index contributed by atoms with van der Waals surface area (Å²) in [7, 11) is 0. The molecule has 0 saturated carbocycles. The Morgan fingerprint density at radius 3 is 2.29 bits per heavy atom. The van der Waals surface area contributed by atoms with Crippen molar-refractivity contribution in [1.82, 2.24) is 15.1 Å². The summed E-state index contributed by atoms with van der Waals surface area (Å²) in [6, 6.07) is 12.8. The average Bonchev–Trinajstić information content (AvgIpc) is 3.06. The number of hydrogen-bond donors (Lipinski definition) is 3. The number of nitrogens with one attached hydrogen (secondary N) is 3. The lowest BCUT2D eigenvalue weighted by atomic mass is 10.1. The van der Waals surface area contributed by atoms with Crippen LogP contribution in [-0.2, 0) is 17.9 Å². The van der Waals surface area contributed by atoms with E-state index in [2.05, 4.69) is 34.0 Å². The molecule has 1 heterocycles. The molecular weight excluding hydrogens is 428 g/mol. The number of carbonyl (C=O) groups is 2. The minimum atomic E-state index is -0.303. The molecule has 1 aromatic heterocycles. The zero-order chi connectivity index (χ0) is 24.8. The summed E-state index contributed by atoms with van der Waals surface area (Å²) in [6.45, 7) is 12.7. The lowest BCUT2D eigenvalue weighted by Crippen LogP contribution is -2.36. The molecule has 0 bridgehead atoms. The monoisotopic (exact) mass is 460 g/mol. The molecule has 178 valence electrons. The van der Waals surface area contributed by atoms with Gasteiger partial charge in [-0.3, -0.25) is 19.6 Å². The van der Waals surface area contributed by atoms with Gasteiger partial charge in [-0.25, -0.2) is 4.99 Å². The zero-order valence-electron chi connectivity index (χ0n) is 20.6. The van der Waals surface area contributed by atoms with E-state index in [1.54, 1.807) is 24.3 Å². The van der Waals surface area contributed by atoms with Crippen LogP contribution in [0.25, 0.3) is 0 Å². The van der Waals surface area contributed by atoms with Crippen molar-refractivity contribution in [1.29, 1.82) is 0 Å². The third kappa shape index (κ3) is 6.10. The molecule has 34 heavy (non-hydrogen) atoms. The van der Waals surface area contributed by atoms with Crippen LogP contribution in [0, 0.1) is 27.7 Å². The van der Waals surface area contributed by atoms with Gasteiger partial charge < -0.3 is 10.6 Å². The number of rotatable bonds is 6. The summed E-state index contributed by atoms with van der Waals surface area (Å²) in [4.78, 5) is 28.9. The van der Waals surface area contributed by atoms with E-state index in [1.165, 1.54) is 6.92 Å². The Morgan fingerprint density at radius 1 is 1.00 bits per heavy atom. The second kappa shape index (κ2) is 10.8. The van der Waals surface area contributed by atoms with Gasteiger partial charge in [0.15, 0.2) is 0 Å². The summed E-state index contributed by atoms with van der Waals surface area (Å²) in [5.74, 6) is -0.115. The highest BCUT2D eigenvalue weighted by molar-refractivity contribution is 6.10. The van der Waals surface area contributed by atoms with E-state index in [-0.39, 0.29) is 11.8 Å². The first-order valence-corrected chi connectivity index (χ1v) is 11.3. The van der Waals surface area contributed by atoms with Gasteiger partial charge in [-0.1, -0.05) is 17.7 Å². The fourth-order valence-corrected chi connectivity index (χ4v) is 3.71. The summed E-state index contributed by atoms with van der Waals surface area (Å²) < 4.78 is 1.95. The van der Waals surface area contributed by atoms with Gasteiger partial charge in [0.2, 0.25) is 11.9 Å². The minimum Gasteiger partial charge on any atom is -0.326 e. The number of aryl methyl sites for hydroxylation is 4. The van der Waals surface area contributed by atoms with Crippen molar-refractivity contribution in [3.05, 3.63) is 76.1 Å². The highest BCUT2D eigenvalue weighted by Crippen LogP contribution is 2.18. The molecule has 8 heteroatoms. The maximum Gasteiger partial charge on any atom is 0.257 e. The van der Waals surface area contributed by atoms with Crippen LogP contribution in [-0.4, -0.2) is 27.6 Å². The first kappa shape index (κ1) is 24.7. The van der Waals surface area contributed by atoms with Crippen LogP contribution in [0.5, 0.6) is 0 Å². The lowest BCUT2D eigenvalue weighted by molar-refractivity contribution is -0.114. The molecule has 0 aliphatic carbocycles. The Labute approximate surface area is 200 Å². The predicted molar refractivity (Wildman–Crippen MR) is 136 cm³/mol. The van der Waals surface area contributed by atoms with Crippen LogP contribution in [0.1, 0.15) is 52.3 Å². The van der Waals surface area contributed by atoms with Crippen molar-refractivity contribution in [2.75, 3.05) is 10.6 Å². The van der Waals surface area contributed by atoms with Crippen LogP contribution in [0.3, 0.4) is 0 Å². The molecular formula is C26H32N6O2. The van der Waals surface area contributed by atoms with Crippen molar-refractivity contribution in [3.8, 4) is 0 Å². The van der Waals surface area contributed by atoms with Gasteiger partial charge in [-0.05, 0) is 70.5 Å². The van der Waals surface area contributed by atoms with E-state index in [4.69, 9.17) is 4.99 Å². The van der Waals surface area contributed by atoms with Gasteiger partial charge in [-0.15, -0.1) is 0 Å². The van der Waals surface area contributed by atoms with Gasteiger partial charge in [-0.2, -0.15) is 5.10 Å². The van der Waals surface area contributed by atoms with E-state index in [0.29, 0.717) is 23.8 Å². The highest BCUT2D eigenvalue weighted by atomic mass is 16.2. The maximum absolute atomic E-state index is 13.0. The molecule has 3 N–H and O–H groups in total. The molecule has 0 aliphatic heterocycles. The van der Waals surface area contributed by atoms with E-state index in [9.17, 15) is 9.59 Å². The smallest absolute Gasteiger partial charge is 0.257 e. The average molecular weight is 461 g/mol. The van der Waals surface area contributed by atoms with Crippen LogP contribution in [0.4, 0.5) is 11.4 Å². The van der Waals surface area contributed by atoms with Gasteiger partial charge in [0, 0.05) is 41.7 Å². The van der Waals surface area contributed by atoms with Gasteiger partial charge in [0.25, 0.3) is 5.91 Å². The Bertz CT molecular complexity index is 1220. The van der Waals surface area contributed by atoms with E-state index in [0.717, 1.165) is 40.3 Å². The number of carbonyl (C=O) groups excluding carboxylic acids is 2. The number of benzene rings is 2. The second-order valence-electron chi connectivity index (χ2n) is 8.29. The first-order chi connectivity index (χ1) is 16.2. The molecule has 8 nitrogen and oxygen atoms in total. The molecule has 3 aromatic rings. The number of guanidine groups is 1.